The van der Waals surface area contributed by atoms with Gasteiger partial charge in [0.25, 0.3) is 0 Å². The third-order valence-corrected chi connectivity index (χ3v) is 6.09. The fourth-order valence-electron chi connectivity index (χ4n) is 2.89. The van der Waals surface area contributed by atoms with Crippen LogP contribution >= 0.6 is 0 Å². The fourth-order valence-corrected chi connectivity index (χ4v) is 4.47. The molecule has 2 aromatic rings. The molecule has 0 bridgehead atoms. The maximum Gasteiger partial charge on any atom is 0.231 e. The molecular weight excluding hydrogens is 310 g/mol. The van der Waals surface area contributed by atoms with Gasteiger partial charge in [0.05, 0.1) is 17.1 Å². The minimum Gasteiger partial charge on any atom is -0.315 e. The standard InChI is InChI=1S/C18H19NO3S/c1-19(16-7-3-2-4-8-16)18(20)13-14-9-10-17-15(12-14)6-5-11-23(17,21)22/h2-4,7-10,12H,5-6,11,13H2,1H3. The highest BCUT2D eigenvalue weighted by atomic mass is 32.2. The van der Waals surface area contributed by atoms with Gasteiger partial charge in [-0.2, -0.15) is 0 Å². The molecule has 1 heterocycles. The first kappa shape index (κ1) is 15.7. The van der Waals surface area contributed by atoms with Crippen molar-refractivity contribution < 1.29 is 13.2 Å². The Morgan fingerprint density at radius 1 is 1.13 bits per heavy atom. The van der Waals surface area contributed by atoms with Crippen molar-refractivity contribution in [1.29, 1.82) is 0 Å². The van der Waals surface area contributed by atoms with Crippen LogP contribution in [-0.4, -0.2) is 27.1 Å². The van der Waals surface area contributed by atoms with E-state index in [-0.39, 0.29) is 18.1 Å². The van der Waals surface area contributed by atoms with Gasteiger partial charge < -0.3 is 4.90 Å². The van der Waals surface area contributed by atoms with Crippen molar-refractivity contribution in [3.63, 3.8) is 0 Å². The van der Waals surface area contributed by atoms with E-state index in [1.54, 1.807) is 24.1 Å². The van der Waals surface area contributed by atoms with Crippen LogP contribution in [0, 0.1) is 0 Å². The Bertz CT molecular complexity index is 829. The lowest BCUT2D eigenvalue weighted by molar-refractivity contribution is -0.117. The molecule has 0 N–H and O–H groups in total. The molecule has 1 aliphatic rings. The molecule has 0 atom stereocenters. The Morgan fingerprint density at radius 2 is 1.87 bits per heavy atom. The molecule has 120 valence electrons. The largest absolute Gasteiger partial charge is 0.315 e. The second-order valence-corrected chi connectivity index (χ2v) is 7.91. The van der Waals surface area contributed by atoms with Crippen molar-refractivity contribution in [3.8, 4) is 0 Å². The molecule has 1 aliphatic heterocycles. The number of hydrogen-bond donors (Lipinski definition) is 0. The van der Waals surface area contributed by atoms with E-state index in [1.165, 1.54) is 0 Å². The Morgan fingerprint density at radius 3 is 2.61 bits per heavy atom. The summed E-state index contributed by atoms with van der Waals surface area (Å²) >= 11 is 0. The van der Waals surface area contributed by atoms with Crippen LogP contribution in [0.1, 0.15) is 17.5 Å². The second-order valence-electron chi connectivity index (χ2n) is 5.83. The van der Waals surface area contributed by atoms with E-state index in [4.69, 9.17) is 0 Å². The maximum absolute atomic E-state index is 12.4. The highest BCUT2D eigenvalue weighted by Crippen LogP contribution is 2.26. The molecule has 4 nitrogen and oxygen atoms in total. The van der Waals surface area contributed by atoms with Crippen LogP contribution in [0.3, 0.4) is 0 Å². The van der Waals surface area contributed by atoms with Crippen molar-refractivity contribution in [1.82, 2.24) is 0 Å². The topological polar surface area (TPSA) is 54.5 Å². The summed E-state index contributed by atoms with van der Waals surface area (Å²) in [4.78, 5) is 14.5. The number of carbonyl (C=O) groups excluding carboxylic acids is 1. The van der Waals surface area contributed by atoms with E-state index < -0.39 is 9.84 Å². The predicted octanol–water partition coefficient (Wildman–Crippen LogP) is 2.61. The third-order valence-electron chi connectivity index (χ3n) is 4.19. The summed E-state index contributed by atoms with van der Waals surface area (Å²) in [7, 11) is -1.39. The molecule has 0 radical (unpaired) electrons. The molecule has 0 aromatic heterocycles. The minimum atomic E-state index is -3.14. The first-order chi connectivity index (χ1) is 11.0. The summed E-state index contributed by atoms with van der Waals surface area (Å²) < 4.78 is 24.0. The number of carbonyl (C=O) groups is 1. The van der Waals surface area contributed by atoms with Gasteiger partial charge >= 0.3 is 0 Å². The molecule has 0 fully saturated rings. The minimum absolute atomic E-state index is 0.0187. The lowest BCUT2D eigenvalue weighted by atomic mass is 10.0. The lowest BCUT2D eigenvalue weighted by Crippen LogP contribution is -2.28. The number of benzene rings is 2. The number of fused-ring (bicyclic) bond motifs is 1. The van der Waals surface area contributed by atoms with Crippen LogP contribution in [0.5, 0.6) is 0 Å². The average molecular weight is 329 g/mol. The molecule has 3 rings (SSSR count). The number of amides is 1. The van der Waals surface area contributed by atoms with Gasteiger partial charge in [-0.25, -0.2) is 8.42 Å². The fraction of sp³-hybridized carbons (Fsp3) is 0.278. The van der Waals surface area contributed by atoms with E-state index in [9.17, 15) is 13.2 Å². The highest BCUT2D eigenvalue weighted by Gasteiger charge is 2.23. The summed E-state index contributed by atoms with van der Waals surface area (Å²) in [6, 6.07) is 14.7. The summed E-state index contributed by atoms with van der Waals surface area (Å²) in [6.45, 7) is 0. The van der Waals surface area contributed by atoms with Gasteiger partial charge in [-0.3, -0.25) is 4.79 Å². The van der Waals surface area contributed by atoms with Crippen molar-refractivity contribution in [2.75, 3.05) is 17.7 Å². The van der Waals surface area contributed by atoms with Crippen molar-refractivity contribution in [2.45, 2.75) is 24.2 Å². The van der Waals surface area contributed by atoms with Crippen LogP contribution in [-0.2, 0) is 27.5 Å². The maximum atomic E-state index is 12.4. The van der Waals surface area contributed by atoms with Gasteiger partial charge in [0.1, 0.15) is 0 Å². The zero-order valence-corrected chi connectivity index (χ0v) is 13.8. The molecule has 0 saturated carbocycles. The summed E-state index contributed by atoms with van der Waals surface area (Å²) in [6.07, 6.45) is 1.67. The number of nitrogens with zero attached hydrogens (tertiary/aromatic N) is 1. The Hall–Kier alpha value is -2.14. The Kier molecular flexibility index (Phi) is 4.22. The number of rotatable bonds is 3. The Balaban J connectivity index is 1.80. The summed E-state index contributed by atoms with van der Waals surface area (Å²) in [5.74, 6) is 0.199. The zero-order valence-electron chi connectivity index (χ0n) is 13.0. The van der Waals surface area contributed by atoms with Gasteiger partial charge in [-0.05, 0) is 42.2 Å². The average Bonchev–Trinajstić information content (AvgIpc) is 2.54. The number of likely N-dealkylation sites (N-methyl/N-ethyl adjacent to an activating group) is 1. The third kappa shape index (κ3) is 3.29. The molecular formula is C18H19NO3S. The molecule has 1 amide bonds. The van der Waals surface area contributed by atoms with E-state index >= 15 is 0 Å². The van der Waals surface area contributed by atoms with Crippen molar-refractivity contribution >= 4 is 21.4 Å². The van der Waals surface area contributed by atoms with Crippen LogP contribution in [0.4, 0.5) is 5.69 Å². The molecule has 5 heteroatoms. The highest BCUT2D eigenvalue weighted by molar-refractivity contribution is 7.91. The van der Waals surface area contributed by atoms with Gasteiger partial charge in [0.2, 0.25) is 5.91 Å². The van der Waals surface area contributed by atoms with E-state index in [2.05, 4.69) is 0 Å². The lowest BCUT2D eigenvalue weighted by Gasteiger charge is -2.19. The van der Waals surface area contributed by atoms with Gasteiger partial charge in [0.15, 0.2) is 9.84 Å². The SMILES string of the molecule is CN(C(=O)Cc1ccc2c(c1)CCCS2(=O)=O)c1ccccc1. The normalized spacial score (nSPS) is 15.7. The molecule has 0 aliphatic carbocycles. The molecule has 2 aromatic carbocycles. The number of hydrogen-bond acceptors (Lipinski definition) is 3. The molecule has 23 heavy (non-hydrogen) atoms. The molecule has 0 saturated heterocycles. The monoisotopic (exact) mass is 329 g/mol. The van der Waals surface area contributed by atoms with Crippen LogP contribution in [0.25, 0.3) is 0 Å². The van der Waals surface area contributed by atoms with Gasteiger partial charge in [-0.15, -0.1) is 0 Å². The number of aryl methyl sites for hydroxylation is 1. The number of sulfone groups is 1. The van der Waals surface area contributed by atoms with Crippen molar-refractivity contribution in [3.05, 3.63) is 59.7 Å². The van der Waals surface area contributed by atoms with E-state index in [0.717, 1.165) is 23.2 Å². The second kappa shape index (κ2) is 6.16. The van der Waals surface area contributed by atoms with Crippen LogP contribution < -0.4 is 4.90 Å². The zero-order chi connectivity index (χ0) is 16.4. The first-order valence-corrected chi connectivity index (χ1v) is 9.29. The van der Waals surface area contributed by atoms with Gasteiger partial charge in [0, 0.05) is 12.7 Å². The van der Waals surface area contributed by atoms with Crippen LogP contribution in [0.2, 0.25) is 0 Å². The van der Waals surface area contributed by atoms with E-state index in [1.807, 2.05) is 36.4 Å². The molecule has 0 spiro atoms. The summed E-state index contributed by atoms with van der Waals surface area (Å²) in [5, 5.41) is 0. The predicted molar refractivity (Wildman–Crippen MR) is 90.4 cm³/mol. The van der Waals surface area contributed by atoms with Gasteiger partial charge in [-0.1, -0.05) is 30.3 Å². The number of para-hydroxylation sites is 1. The quantitative estimate of drug-likeness (QED) is 0.870. The smallest absolute Gasteiger partial charge is 0.231 e. The van der Waals surface area contributed by atoms with E-state index in [0.29, 0.717) is 11.3 Å². The van der Waals surface area contributed by atoms with Crippen LogP contribution in [0.15, 0.2) is 53.4 Å². The van der Waals surface area contributed by atoms with Crippen molar-refractivity contribution in [2.24, 2.45) is 0 Å². The Labute approximate surface area is 136 Å². The first-order valence-electron chi connectivity index (χ1n) is 7.63. The molecule has 0 unspecified atom stereocenters. The summed E-state index contributed by atoms with van der Waals surface area (Å²) in [5.41, 5.74) is 2.54. The number of anilines is 1.